The second-order valence-electron chi connectivity index (χ2n) is 4.52. The molecule has 19 heavy (non-hydrogen) atoms. The summed E-state index contributed by atoms with van der Waals surface area (Å²) in [6.07, 6.45) is 0.757. The first kappa shape index (κ1) is 13.7. The molecule has 1 N–H and O–H groups in total. The first-order chi connectivity index (χ1) is 9.04. The summed E-state index contributed by atoms with van der Waals surface area (Å²) in [6.45, 7) is 2.68. The van der Waals surface area contributed by atoms with E-state index in [4.69, 9.17) is 0 Å². The van der Waals surface area contributed by atoms with Gasteiger partial charge in [0.05, 0.1) is 11.4 Å². The molecule has 0 saturated carbocycles. The van der Waals surface area contributed by atoms with Gasteiger partial charge < -0.3 is 5.32 Å². The molecule has 1 aromatic carbocycles. The molecule has 1 aromatic heterocycles. The van der Waals surface area contributed by atoms with Gasteiger partial charge in [0.25, 0.3) is 0 Å². The van der Waals surface area contributed by atoms with Crippen molar-refractivity contribution in [3.8, 4) is 11.3 Å². The SMILES string of the molecule is CNCCc1nn(C)c(-c2cc(F)ccc2F)c1C. The van der Waals surface area contributed by atoms with Crippen LogP contribution < -0.4 is 5.32 Å². The Bertz CT molecular complexity index is 591. The van der Waals surface area contributed by atoms with Crippen LogP contribution in [-0.2, 0) is 13.5 Å². The number of hydrogen-bond acceptors (Lipinski definition) is 2. The summed E-state index contributed by atoms with van der Waals surface area (Å²) < 4.78 is 28.8. The van der Waals surface area contributed by atoms with Crippen LogP contribution in [0, 0.1) is 18.6 Å². The molecule has 0 aliphatic rings. The van der Waals surface area contributed by atoms with Crippen LogP contribution in [0.25, 0.3) is 11.3 Å². The number of aryl methyl sites for hydroxylation is 1. The molecule has 102 valence electrons. The average molecular weight is 265 g/mol. The van der Waals surface area contributed by atoms with Crippen molar-refractivity contribution in [2.75, 3.05) is 13.6 Å². The molecule has 0 atom stereocenters. The van der Waals surface area contributed by atoms with Crippen LogP contribution in [0.15, 0.2) is 18.2 Å². The number of rotatable bonds is 4. The van der Waals surface area contributed by atoms with E-state index < -0.39 is 11.6 Å². The van der Waals surface area contributed by atoms with Crippen LogP contribution in [-0.4, -0.2) is 23.4 Å². The molecule has 0 aliphatic heterocycles. The van der Waals surface area contributed by atoms with Crippen LogP contribution in [0.2, 0.25) is 0 Å². The van der Waals surface area contributed by atoms with Gasteiger partial charge in [0, 0.05) is 25.6 Å². The predicted octanol–water partition coefficient (Wildman–Crippen LogP) is 2.44. The van der Waals surface area contributed by atoms with Crippen LogP contribution in [0.1, 0.15) is 11.3 Å². The quantitative estimate of drug-likeness (QED) is 0.920. The number of nitrogens with one attached hydrogen (secondary N) is 1. The van der Waals surface area contributed by atoms with Crippen molar-refractivity contribution in [2.24, 2.45) is 7.05 Å². The van der Waals surface area contributed by atoms with E-state index in [2.05, 4.69) is 10.4 Å². The zero-order valence-corrected chi connectivity index (χ0v) is 11.3. The highest BCUT2D eigenvalue weighted by molar-refractivity contribution is 5.65. The Balaban J connectivity index is 2.50. The van der Waals surface area contributed by atoms with Crippen molar-refractivity contribution >= 4 is 0 Å². The molecule has 0 saturated heterocycles. The van der Waals surface area contributed by atoms with Crippen molar-refractivity contribution in [2.45, 2.75) is 13.3 Å². The van der Waals surface area contributed by atoms with Crippen molar-refractivity contribution in [1.29, 1.82) is 0 Å². The van der Waals surface area contributed by atoms with Crippen molar-refractivity contribution in [3.05, 3.63) is 41.1 Å². The van der Waals surface area contributed by atoms with E-state index in [9.17, 15) is 8.78 Å². The molecule has 0 unspecified atom stereocenters. The van der Waals surface area contributed by atoms with Crippen LogP contribution in [0.5, 0.6) is 0 Å². The smallest absolute Gasteiger partial charge is 0.132 e. The Labute approximate surface area is 111 Å². The Morgan fingerprint density at radius 3 is 2.74 bits per heavy atom. The van der Waals surface area contributed by atoms with Gasteiger partial charge in [-0.2, -0.15) is 5.10 Å². The van der Waals surface area contributed by atoms with E-state index in [1.807, 2.05) is 14.0 Å². The summed E-state index contributed by atoms with van der Waals surface area (Å²) in [7, 11) is 3.61. The van der Waals surface area contributed by atoms with Gasteiger partial charge in [-0.25, -0.2) is 8.78 Å². The first-order valence-electron chi connectivity index (χ1n) is 6.17. The average Bonchev–Trinajstić information content (AvgIpc) is 2.65. The number of hydrogen-bond donors (Lipinski definition) is 1. The lowest BCUT2D eigenvalue weighted by Crippen LogP contribution is -2.11. The van der Waals surface area contributed by atoms with Crippen molar-refractivity contribution < 1.29 is 8.78 Å². The molecule has 0 amide bonds. The lowest BCUT2D eigenvalue weighted by Gasteiger charge is -2.05. The maximum absolute atomic E-state index is 13.9. The van der Waals surface area contributed by atoms with Gasteiger partial charge in [0.2, 0.25) is 0 Å². The van der Waals surface area contributed by atoms with Gasteiger partial charge in [-0.05, 0) is 37.7 Å². The van der Waals surface area contributed by atoms with E-state index in [1.165, 1.54) is 6.07 Å². The summed E-state index contributed by atoms with van der Waals surface area (Å²) in [5, 5.41) is 7.43. The lowest BCUT2D eigenvalue weighted by atomic mass is 10.0. The number of likely N-dealkylation sites (N-methyl/N-ethyl adjacent to an activating group) is 1. The van der Waals surface area contributed by atoms with Crippen molar-refractivity contribution in [3.63, 3.8) is 0 Å². The van der Waals surface area contributed by atoms with E-state index >= 15 is 0 Å². The standard InChI is InChI=1S/C14H17F2N3/c1-9-13(6-7-17-2)18-19(3)14(9)11-8-10(15)4-5-12(11)16/h4-5,8,17H,6-7H2,1-3H3. The summed E-state index contributed by atoms with van der Waals surface area (Å²) in [4.78, 5) is 0. The molecular formula is C14H17F2N3. The van der Waals surface area contributed by atoms with E-state index in [1.54, 1.807) is 11.7 Å². The fourth-order valence-corrected chi connectivity index (χ4v) is 2.22. The lowest BCUT2D eigenvalue weighted by molar-refractivity contribution is 0.600. The molecule has 0 radical (unpaired) electrons. The largest absolute Gasteiger partial charge is 0.319 e. The highest BCUT2D eigenvalue weighted by Gasteiger charge is 2.17. The Morgan fingerprint density at radius 1 is 1.32 bits per heavy atom. The maximum Gasteiger partial charge on any atom is 0.132 e. The monoisotopic (exact) mass is 265 g/mol. The third-order valence-corrected chi connectivity index (χ3v) is 3.18. The normalized spacial score (nSPS) is 11.0. The van der Waals surface area contributed by atoms with Gasteiger partial charge >= 0.3 is 0 Å². The molecule has 0 spiro atoms. The Hall–Kier alpha value is -1.75. The summed E-state index contributed by atoms with van der Waals surface area (Å²) in [5.41, 5.74) is 2.67. The van der Waals surface area contributed by atoms with Gasteiger partial charge in [-0.1, -0.05) is 0 Å². The minimum atomic E-state index is -0.450. The molecule has 0 bridgehead atoms. The number of nitrogens with zero attached hydrogens (tertiary/aromatic N) is 2. The summed E-state index contributed by atoms with van der Waals surface area (Å²) in [6, 6.07) is 3.47. The highest BCUT2D eigenvalue weighted by Crippen LogP contribution is 2.28. The zero-order chi connectivity index (χ0) is 14.0. The van der Waals surface area contributed by atoms with Gasteiger partial charge in [-0.15, -0.1) is 0 Å². The highest BCUT2D eigenvalue weighted by atomic mass is 19.1. The molecule has 1 heterocycles. The maximum atomic E-state index is 13.9. The first-order valence-corrected chi connectivity index (χ1v) is 6.17. The van der Waals surface area contributed by atoms with E-state index in [-0.39, 0.29) is 5.56 Å². The molecule has 2 rings (SSSR count). The van der Waals surface area contributed by atoms with Crippen molar-refractivity contribution in [1.82, 2.24) is 15.1 Å². The molecule has 0 aliphatic carbocycles. The summed E-state index contributed by atoms with van der Waals surface area (Å²) in [5.74, 6) is -0.888. The topological polar surface area (TPSA) is 29.9 Å². The fraction of sp³-hybridized carbons (Fsp3) is 0.357. The second-order valence-corrected chi connectivity index (χ2v) is 4.52. The predicted molar refractivity (Wildman–Crippen MR) is 70.9 cm³/mol. The van der Waals surface area contributed by atoms with E-state index in [0.717, 1.165) is 36.4 Å². The molecule has 2 aromatic rings. The van der Waals surface area contributed by atoms with Crippen LogP contribution in [0.4, 0.5) is 8.78 Å². The number of aromatic nitrogens is 2. The molecular weight excluding hydrogens is 248 g/mol. The van der Waals surface area contributed by atoms with Gasteiger partial charge in [-0.3, -0.25) is 4.68 Å². The third-order valence-electron chi connectivity index (χ3n) is 3.18. The molecule has 3 nitrogen and oxygen atoms in total. The fourth-order valence-electron chi connectivity index (χ4n) is 2.22. The van der Waals surface area contributed by atoms with Gasteiger partial charge in [0.15, 0.2) is 0 Å². The number of halogens is 2. The summed E-state index contributed by atoms with van der Waals surface area (Å²) >= 11 is 0. The minimum Gasteiger partial charge on any atom is -0.319 e. The molecule has 0 fully saturated rings. The minimum absolute atomic E-state index is 0.253. The zero-order valence-electron chi connectivity index (χ0n) is 11.3. The Morgan fingerprint density at radius 2 is 2.05 bits per heavy atom. The van der Waals surface area contributed by atoms with Crippen LogP contribution in [0.3, 0.4) is 0 Å². The van der Waals surface area contributed by atoms with Gasteiger partial charge in [0.1, 0.15) is 11.6 Å². The second kappa shape index (κ2) is 5.48. The molecule has 5 heteroatoms. The van der Waals surface area contributed by atoms with E-state index in [0.29, 0.717) is 5.69 Å². The third kappa shape index (κ3) is 2.66. The Kier molecular flexibility index (Phi) is 3.95. The van der Waals surface area contributed by atoms with Crippen LogP contribution >= 0.6 is 0 Å². The number of benzene rings is 1.